The van der Waals surface area contributed by atoms with Gasteiger partial charge in [-0.1, -0.05) is 43.2 Å². The molecule has 2 aromatic rings. The molecule has 1 saturated carbocycles. The number of thiophene rings is 1. The van der Waals surface area contributed by atoms with Crippen LogP contribution in [0.15, 0.2) is 47.2 Å². The van der Waals surface area contributed by atoms with Crippen LogP contribution in [0.2, 0.25) is 0 Å². The smallest absolute Gasteiger partial charge is 0.214 e. The predicted molar refractivity (Wildman–Crippen MR) is 91.5 cm³/mol. The maximum Gasteiger partial charge on any atom is 0.215 e. The van der Waals surface area contributed by atoms with Crippen molar-refractivity contribution in [2.45, 2.75) is 36.9 Å². The number of hydrogen-bond donors (Lipinski definition) is 1. The second-order valence-corrected chi connectivity index (χ2v) is 8.65. The summed E-state index contributed by atoms with van der Waals surface area (Å²) in [6.45, 7) is 0.513. The lowest BCUT2D eigenvalue weighted by Gasteiger charge is -2.28. The van der Waals surface area contributed by atoms with Crippen molar-refractivity contribution in [3.63, 3.8) is 0 Å². The average molecular weight is 335 g/mol. The highest BCUT2D eigenvalue weighted by Gasteiger charge is 2.36. The molecule has 1 aromatic carbocycles. The topological polar surface area (TPSA) is 46.2 Å². The monoisotopic (exact) mass is 335 g/mol. The van der Waals surface area contributed by atoms with Crippen molar-refractivity contribution in [2.75, 3.05) is 6.54 Å². The van der Waals surface area contributed by atoms with Crippen LogP contribution in [-0.4, -0.2) is 15.0 Å². The maximum atomic E-state index is 12.4. The van der Waals surface area contributed by atoms with Crippen LogP contribution in [0.25, 0.3) is 0 Å². The van der Waals surface area contributed by atoms with Gasteiger partial charge in [-0.05, 0) is 40.8 Å². The summed E-state index contributed by atoms with van der Waals surface area (Å²) in [5.74, 6) is 0.0492. The minimum absolute atomic E-state index is 0.0102. The Labute approximate surface area is 136 Å². The van der Waals surface area contributed by atoms with Crippen molar-refractivity contribution in [3.8, 4) is 0 Å². The fourth-order valence-corrected chi connectivity index (χ4v) is 5.29. The summed E-state index contributed by atoms with van der Waals surface area (Å²) >= 11 is 1.68. The maximum absolute atomic E-state index is 12.4. The summed E-state index contributed by atoms with van der Waals surface area (Å²) in [7, 11) is -3.30. The molecule has 1 N–H and O–H groups in total. The molecule has 0 saturated heterocycles. The van der Waals surface area contributed by atoms with E-state index in [1.54, 1.807) is 11.3 Å². The Balaban J connectivity index is 1.70. The van der Waals surface area contributed by atoms with E-state index >= 15 is 0 Å². The predicted octanol–water partition coefficient (Wildman–Crippen LogP) is 3.68. The summed E-state index contributed by atoms with van der Waals surface area (Å²) in [6, 6.07) is 11.5. The van der Waals surface area contributed by atoms with Crippen molar-refractivity contribution < 1.29 is 8.42 Å². The molecule has 3 nitrogen and oxygen atoms in total. The van der Waals surface area contributed by atoms with Gasteiger partial charge in [0.2, 0.25) is 10.0 Å². The van der Waals surface area contributed by atoms with Crippen LogP contribution in [0, 0.1) is 0 Å². The molecule has 5 heteroatoms. The first-order valence-electron chi connectivity index (χ1n) is 7.64. The Morgan fingerprint density at radius 2 is 1.82 bits per heavy atom. The molecule has 1 aliphatic carbocycles. The molecule has 1 heterocycles. The van der Waals surface area contributed by atoms with E-state index in [1.165, 1.54) is 18.4 Å². The number of nitrogens with one attached hydrogen (secondary N) is 1. The highest BCUT2D eigenvalue weighted by atomic mass is 32.2. The molecule has 0 unspecified atom stereocenters. The fraction of sp³-hybridized carbons (Fsp3) is 0.412. The van der Waals surface area contributed by atoms with Crippen LogP contribution in [0.4, 0.5) is 0 Å². The minimum atomic E-state index is -3.30. The van der Waals surface area contributed by atoms with Crippen molar-refractivity contribution in [1.82, 2.24) is 4.72 Å². The quantitative estimate of drug-likeness (QED) is 0.875. The Hall–Kier alpha value is -1.17. The average Bonchev–Trinajstić information content (AvgIpc) is 3.18. The number of benzene rings is 1. The fourth-order valence-electron chi connectivity index (χ4n) is 3.28. The number of hydrogen-bond acceptors (Lipinski definition) is 3. The number of rotatable bonds is 6. The molecule has 0 amide bonds. The highest BCUT2D eigenvalue weighted by molar-refractivity contribution is 7.88. The van der Waals surface area contributed by atoms with Crippen LogP contribution in [0.1, 0.15) is 36.8 Å². The summed E-state index contributed by atoms with van der Waals surface area (Å²) in [6.07, 6.45) is 4.49. The van der Waals surface area contributed by atoms with E-state index in [4.69, 9.17) is 0 Å². The van der Waals surface area contributed by atoms with E-state index in [2.05, 4.69) is 21.5 Å². The molecule has 1 aliphatic rings. The SMILES string of the molecule is O=S(=O)(Cc1ccccc1)NCC1(c2ccsc2)CCCC1. The molecule has 0 bridgehead atoms. The third-order valence-electron chi connectivity index (χ3n) is 4.52. The first-order chi connectivity index (χ1) is 10.6. The van der Waals surface area contributed by atoms with Gasteiger partial charge in [-0.15, -0.1) is 0 Å². The standard InChI is InChI=1S/C17H21NO2S2/c19-22(20,13-15-6-2-1-3-7-15)18-14-17(9-4-5-10-17)16-8-11-21-12-16/h1-3,6-8,11-12,18H,4-5,9-10,13-14H2. The number of sulfonamides is 1. The van der Waals surface area contributed by atoms with Gasteiger partial charge in [0.05, 0.1) is 5.75 Å². The van der Waals surface area contributed by atoms with Crippen molar-refractivity contribution in [3.05, 3.63) is 58.3 Å². The van der Waals surface area contributed by atoms with E-state index in [9.17, 15) is 8.42 Å². The molecule has 118 valence electrons. The van der Waals surface area contributed by atoms with Crippen LogP contribution >= 0.6 is 11.3 Å². The molecule has 1 fully saturated rings. The first kappa shape index (κ1) is 15.7. The van der Waals surface area contributed by atoms with Gasteiger partial charge in [0, 0.05) is 12.0 Å². The molecule has 0 spiro atoms. The van der Waals surface area contributed by atoms with E-state index in [0.29, 0.717) is 6.54 Å². The van der Waals surface area contributed by atoms with Crippen LogP contribution < -0.4 is 4.72 Å². The van der Waals surface area contributed by atoms with Crippen molar-refractivity contribution in [1.29, 1.82) is 0 Å². The van der Waals surface area contributed by atoms with Crippen molar-refractivity contribution >= 4 is 21.4 Å². The van der Waals surface area contributed by atoms with E-state index in [1.807, 2.05) is 30.3 Å². The Kier molecular flexibility index (Phi) is 4.66. The minimum Gasteiger partial charge on any atom is -0.214 e. The van der Waals surface area contributed by atoms with Gasteiger partial charge in [-0.25, -0.2) is 13.1 Å². The van der Waals surface area contributed by atoms with Crippen LogP contribution in [0.5, 0.6) is 0 Å². The van der Waals surface area contributed by atoms with Crippen molar-refractivity contribution in [2.24, 2.45) is 0 Å². The molecular weight excluding hydrogens is 314 g/mol. The van der Waals surface area contributed by atoms with Crippen LogP contribution in [-0.2, 0) is 21.2 Å². The van der Waals surface area contributed by atoms with E-state index in [0.717, 1.165) is 18.4 Å². The first-order valence-corrected chi connectivity index (χ1v) is 10.2. The van der Waals surface area contributed by atoms with Gasteiger partial charge in [-0.3, -0.25) is 0 Å². The zero-order valence-electron chi connectivity index (χ0n) is 12.5. The molecule has 0 radical (unpaired) electrons. The Bertz CT molecular complexity index is 688. The van der Waals surface area contributed by atoms with Gasteiger partial charge in [0.25, 0.3) is 0 Å². The molecule has 0 atom stereocenters. The lowest BCUT2D eigenvalue weighted by atomic mass is 9.81. The van der Waals surface area contributed by atoms with Gasteiger partial charge < -0.3 is 0 Å². The molecule has 3 rings (SSSR count). The van der Waals surface area contributed by atoms with Crippen LogP contribution in [0.3, 0.4) is 0 Å². The lowest BCUT2D eigenvalue weighted by molar-refractivity contribution is 0.433. The summed E-state index contributed by atoms with van der Waals surface area (Å²) in [5, 5.41) is 4.24. The Morgan fingerprint density at radius 3 is 2.45 bits per heavy atom. The summed E-state index contributed by atoms with van der Waals surface area (Å²) < 4.78 is 27.6. The third kappa shape index (κ3) is 3.59. The zero-order chi connectivity index (χ0) is 15.5. The van der Waals surface area contributed by atoms with Gasteiger partial charge in [-0.2, -0.15) is 11.3 Å². The molecule has 0 aliphatic heterocycles. The second kappa shape index (κ2) is 6.52. The molecule has 1 aromatic heterocycles. The second-order valence-electron chi connectivity index (χ2n) is 6.07. The molecular formula is C17H21NO2S2. The molecule has 22 heavy (non-hydrogen) atoms. The summed E-state index contributed by atoms with van der Waals surface area (Å²) in [5.41, 5.74) is 2.10. The van der Waals surface area contributed by atoms with E-state index in [-0.39, 0.29) is 11.2 Å². The highest BCUT2D eigenvalue weighted by Crippen LogP contribution is 2.41. The largest absolute Gasteiger partial charge is 0.215 e. The normalized spacial score (nSPS) is 17.6. The van der Waals surface area contributed by atoms with E-state index < -0.39 is 10.0 Å². The summed E-state index contributed by atoms with van der Waals surface area (Å²) in [4.78, 5) is 0. The lowest BCUT2D eigenvalue weighted by Crippen LogP contribution is -2.39. The Morgan fingerprint density at radius 1 is 1.09 bits per heavy atom. The van der Waals surface area contributed by atoms with Gasteiger partial charge in [0.15, 0.2) is 0 Å². The third-order valence-corrected chi connectivity index (χ3v) is 6.50. The zero-order valence-corrected chi connectivity index (χ0v) is 14.1. The van der Waals surface area contributed by atoms with Gasteiger partial charge >= 0.3 is 0 Å². The van der Waals surface area contributed by atoms with Gasteiger partial charge in [0.1, 0.15) is 0 Å².